The van der Waals surface area contributed by atoms with Crippen molar-refractivity contribution in [3.05, 3.63) is 74.3 Å². The molecular weight excluding hydrogens is 448 g/mol. The van der Waals surface area contributed by atoms with Gasteiger partial charge in [-0.25, -0.2) is 4.98 Å². The van der Waals surface area contributed by atoms with E-state index in [1.165, 1.54) is 10.4 Å². The van der Waals surface area contributed by atoms with Crippen LogP contribution in [0.15, 0.2) is 52.6 Å². The number of rotatable bonds is 5. The van der Waals surface area contributed by atoms with Crippen molar-refractivity contribution < 1.29 is 4.79 Å². The number of carbonyl (C=O) groups is 1. The first kappa shape index (κ1) is 20.2. The average Bonchev–Trinajstić information content (AvgIpc) is 2.99. The van der Waals surface area contributed by atoms with Crippen LogP contribution in [0.2, 0.25) is 0 Å². The van der Waals surface area contributed by atoms with E-state index in [-0.39, 0.29) is 5.78 Å². The molecule has 29 heavy (non-hydrogen) atoms. The van der Waals surface area contributed by atoms with Crippen molar-refractivity contribution in [2.45, 2.75) is 19.9 Å². The number of halogens is 1. The van der Waals surface area contributed by atoms with Crippen molar-refractivity contribution in [1.82, 2.24) is 14.9 Å². The molecule has 0 saturated carbocycles. The van der Waals surface area contributed by atoms with E-state index in [2.05, 4.69) is 54.1 Å². The lowest BCUT2D eigenvalue weighted by atomic mass is 10.1. The predicted molar refractivity (Wildman–Crippen MR) is 121 cm³/mol. The van der Waals surface area contributed by atoms with E-state index in [9.17, 15) is 4.79 Å². The number of hydrogen-bond donors (Lipinski definition) is 0. The van der Waals surface area contributed by atoms with Gasteiger partial charge in [0.25, 0.3) is 0 Å². The van der Waals surface area contributed by atoms with Gasteiger partial charge in [0.05, 0.1) is 0 Å². The molecule has 0 radical (unpaired) electrons. The number of anilines is 1. The van der Waals surface area contributed by atoms with Crippen LogP contribution in [-0.4, -0.2) is 46.8 Å². The monoisotopic (exact) mass is 470 g/mol. The molecule has 0 aromatic carbocycles. The molecule has 1 saturated heterocycles. The quantitative estimate of drug-likeness (QED) is 0.511. The molecule has 0 N–H and O–H groups in total. The van der Waals surface area contributed by atoms with Crippen molar-refractivity contribution in [2.24, 2.45) is 0 Å². The second kappa shape index (κ2) is 9.15. The van der Waals surface area contributed by atoms with Crippen LogP contribution in [0.25, 0.3) is 0 Å². The largest absolute Gasteiger partial charge is 0.355 e. The molecule has 7 heteroatoms. The minimum atomic E-state index is -0.106. The van der Waals surface area contributed by atoms with Gasteiger partial charge in [0.15, 0.2) is 0 Å². The zero-order valence-electron chi connectivity index (χ0n) is 16.3. The van der Waals surface area contributed by atoms with E-state index in [0.717, 1.165) is 49.4 Å². The normalized spacial score (nSPS) is 15.3. The summed E-state index contributed by atoms with van der Waals surface area (Å²) in [4.78, 5) is 27.8. The standard InChI is InChI=1S/C22H23BrN4OS/c1-16-6-11-29-20(16)15-26-7-3-8-27(10-9-26)21-5-2-4-19(25-21)22(28)17-12-18(23)14-24-13-17/h2,4-6,11-14H,3,7-10,15H2,1H3. The minimum Gasteiger partial charge on any atom is -0.355 e. The summed E-state index contributed by atoms with van der Waals surface area (Å²) in [5.41, 5.74) is 2.38. The molecule has 3 aromatic heterocycles. The summed E-state index contributed by atoms with van der Waals surface area (Å²) in [5, 5.41) is 2.17. The van der Waals surface area contributed by atoms with Crippen molar-refractivity contribution >= 4 is 38.9 Å². The molecule has 0 atom stereocenters. The lowest BCUT2D eigenvalue weighted by Crippen LogP contribution is -2.31. The van der Waals surface area contributed by atoms with Crippen molar-refractivity contribution in [1.29, 1.82) is 0 Å². The second-order valence-electron chi connectivity index (χ2n) is 7.25. The van der Waals surface area contributed by atoms with Gasteiger partial charge in [-0.1, -0.05) is 6.07 Å². The summed E-state index contributed by atoms with van der Waals surface area (Å²) in [5.74, 6) is 0.762. The van der Waals surface area contributed by atoms with E-state index in [4.69, 9.17) is 0 Å². The van der Waals surface area contributed by atoms with E-state index in [0.29, 0.717) is 11.3 Å². The molecule has 1 aliphatic rings. The van der Waals surface area contributed by atoms with Gasteiger partial charge in [0.2, 0.25) is 5.78 Å². The van der Waals surface area contributed by atoms with Gasteiger partial charge in [0.1, 0.15) is 11.5 Å². The summed E-state index contributed by atoms with van der Waals surface area (Å²) in [6.07, 6.45) is 4.33. The van der Waals surface area contributed by atoms with Crippen LogP contribution in [-0.2, 0) is 6.54 Å². The zero-order valence-corrected chi connectivity index (χ0v) is 18.7. The van der Waals surface area contributed by atoms with Gasteiger partial charge in [-0.05, 0) is 64.5 Å². The van der Waals surface area contributed by atoms with Crippen LogP contribution in [0, 0.1) is 6.92 Å². The Bertz CT molecular complexity index is 1010. The van der Waals surface area contributed by atoms with Crippen molar-refractivity contribution in [3.63, 3.8) is 0 Å². The Balaban J connectivity index is 1.45. The Labute approximate surface area is 183 Å². The highest BCUT2D eigenvalue weighted by atomic mass is 79.9. The van der Waals surface area contributed by atoms with Gasteiger partial charge in [-0.3, -0.25) is 14.7 Å². The fourth-order valence-corrected chi connectivity index (χ4v) is 4.85. The van der Waals surface area contributed by atoms with Gasteiger partial charge in [0, 0.05) is 60.0 Å². The first-order valence-corrected chi connectivity index (χ1v) is 11.4. The van der Waals surface area contributed by atoms with Crippen molar-refractivity contribution in [3.8, 4) is 0 Å². The lowest BCUT2D eigenvalue weighted by Gasteiger charge is -2.23. The minimum absolute atomic E-state index is 0.106. The SMILES string of the molecule is Cc1ccsc1CN1CCCN(c2cccc(C(=O)c3cncc(Br)c3)n2)CC1. The molecule has 4 rings (SSSR count). The number of thiophene rings is 1. The third-order valence-corrected chi connectivity index (χ3v) is 6.62. The Kier molecular flexibility index (Phi) is 6.37. The summed E-state index contributed by atoms with van der Waals surface area (Å²) in [6, 6.07) is 9.65. The van der Waals surface area contributed by atoms with Crippen LogP contribution in [0.4, 0.5) is 5.82 Å². The molecule has 0 bridgehead atoms. The maximum Gasteiger partial charge on any atom is 0.213 e. The summed E-state index contributed by atoms with van der Waals surface area (Å²) in [6.45, 7) is 7.13. The van der Waals surface area contributed by atoms with Crippen LogP contribution < -0.4 is 4.90 Å². The van der Waals surface area contributed by atoms with Crippen LogP contribution in [0.1, 0.15) is 32.9 Å². The van der Waals surface area contributed by atoms with E-state index < -0.39 is 0 Å². The molecule has 0 unspecified atom stereocenters. The van der Waals surface area contributed by atoms with Crippen molar-refractivity contribution in [2.75, 3.05) is 31.1 Å². The number of nitrogens with zero attached hydrogens (tertiary/aromatic N) is 4. The third-order valence-electron chi connectivity index (χ3n) is 5.18. The summed E-state index contributed by atoms with van der Waals surface area (Å²) in [7, 11) is 0. The van der Waals surface area contributed by atoms with E-state index in [1.807, 2.05) is 23.5 Å². The zero-order chi connectivity index (χ0) is 20.2. The molecule has 4 heterocycles. The first-order valence-electron chi connectivity index (χ1n) is 9.73. The van der Waals surface area contributed by atoms with Crippen LogP contribution in [0.5, 0.6) is 0 Å². The maximum absolute atomic E-state index is 12.8. The fourth-order valence-electron chi connectivity index (χ4n) is 3.54. The lowest BCUT2D eigenvalue weighted by molar-refractivity contribution is 0.103. The molecule has 0 amide bonds. The number of hydrogen-bond acceptors (Lipinski definition) is 6. The predicted octanol–water partition coefficient (Wildman–Crippen LogP) is 4.55. The molecule has 150 valence electrons. The van der Waals surface area contributed by atoms with E-state index in [1.54, 1.807) is 24.5 Å². The highest BCUT2D eigenvalue weighted by Gasteiger charge is 2.19. The number of pyridine rings is 2. The first-order chi connectivity index (χ1) is 14.1. The number of aromatic nitrogens is 2. The van der Waals surface area contributed by atoms with Crippen LogP contribution in [0.3, 0.4) is 0 Å². The smallest absolute Gasteiger partial charge is 0.213 e. The Morgan fingerprint density at radius 1 is 1.17 bits per heavy atom. The number of carbonyl (C=O) groups excluding carboxylic acids is 1. The Morgan fingerprint density at radius 2 is 2.07 bits per heavy atom. The summed E-state index contributed by atoms with van der Waals surface area (Å²) < 4.78 is 0.785. The molecule has 1 aliphatic heterocycles. The van der Waals surface area contributed by atoms with E-state index >= 15 is 0 Å². The number of ketones is 1. The van der Waals surface area contributed by atoms with Crippen LogP contribution >= 0.6 is 27.3 Å². The molecule has 0 aliphatic carbocycles. The Hall–Kier alpha value is -2.09. The highest BCUT2D eigenvalue weighted by Crippen LogP contribution is 2.21. The van der Waals surface area contributed by atoms with Gasteiger partial charge in [-0.2, -0.15) is 0 Å². The highest BCUT2D eigenvalue weighted by molar-refractivity contribution is 9.10. The maximum atomic E-state index is 12.8. The molecular formula is C22H23BrN4OS. The average molecular weight is 471 g/mol. The Morgan fingerprint density at radius 3 is 2.86 bits per heavy atom. The molecule has 0 spiro atoms. The van der Waals surface area contributed by atoms with Gasteiger partial charge in [-0.15, -0.1) is 11.3 Å². The molecule has 1 fully saturated rings. The molecule has 3 aromatic rings. The topological polar surface area (TPSA) is 49.3 Å². The van der Waals surface area contributed by atoms with Gasteiger partial charge >= 0.3 is 0 Å². The van der Waals surface area contributed by atoms with Gasteiger partial charge < -0.3 is 4.90 Å². The fraction of sp³-hybridized carbons (Fsp3) is 0.318. The number of aryl methyl sites for hydroxylation is 1. The third kappa shape index (κ3) is 4.91. The summed E-state index contributed by atoms with van der Waals surface area (Å²) >= 11 is 5.21. The second-order valence-corrected chi connectivity index (χ2v) is 9.16. The molecule has 5 nitrogen and oxygen atoms in total.